The van der Waals surface area contributed by atoms with Crippen LogP contribution in [0.4, 0.5) is 5.95 Å². The number of nitrogens with zero attached hydrogens (tertiary/aromatic N) is 5. The lowest BCUT2D eigenvalue weighted by Gasteiger charge is -2.23. The van der Waals surface area contributed by atoms with E-state index in [0.29, 0.717) is 11.5 Å². The van der Waals surface area contributed by atoms with Gasteiger partial charge in [0.15, 0.2) is 0 Å². The van der Waals surface area contributed by atoms with E-state index in [2.05, 4.69) is 25.4 Å². The van der Waals surface area contributed by atoms with Gasteiger partial charge in [-0.15, -0.1) is 0 Å². The zero-order valence-corrected chi connectivity index (χ0v) is 14.3. The molecule has 1 atom stereocenters. The molecule has 0 radical (unpaired) electrons. The Morgan fingerprint density at radius 2 is 2.04 bits per heavy atom. The highest BCUT2D eigenvalue weighted by molar-refractivity contribution is 5.94. The fourth-order valence-corrected chi connectivity index (χ4v) is 3.13. The number of amides is 1. The first-order valence-electron chi connectivity index (χ1n) is 8.27. The van der Waals surface area contributed by atoms with Gasteiger partial charge in [0.25, 0.3) is 5.91 Å². The molecule has 3 rings (SSSR count). The first-order chi connectivity index (χ1) is 11.5. The number of anilines is 1. The van der Waals surface area contributed by atoms with Crippen LogP contribution >= 0.6 is 0 Å². The van der Waals surface area contributed by atoms with Gasteiger partial charge in [-0.3, -0.25) is 9.48 Å². The predicted molar refractivity (Wildman–Crippen MR) is 89.1 cm³/mol. The van der Waals surface area contributed by atoms with Crippen molar-refractivity contribution in [1.29, 1.82) is 0 Å². The van der Waals surface area contributed by atoms with Gasteiger partial charge in [0.05, 0.1) is 6.04 Å². The second-order valence-corrected chi connectivity index (χ2v) is 6.50. The maximum Gasteiger partial charge on any atom is 0.270 e. The van der Waals surface area contributed by atoms with Gasteiger partial charge in [-0.2, -0.15) is 5.10 Å². The molecule has 3 N–H and O–H groups in total. The quantitative estimate of drug-likeness (QED) is 0.871. The molecule has 0 fully saturated rings. The van der Waals surface area contributed by atoms with Gasteiger partial charge in [0, 0.05) is 18.3 Å². The van der Waals surface area contributed by atoms with E-state index in [1.54, 1.807) is 4.68 Å². The largest absolute Gasteiger partial charge is 0.368 e. The summed E-state index contributed by atoms with van der Waals surface area (Å²) in [4.78, 5) is 25.7. The molecular formula is C16H23N7O. The van der Waals surface area contributed by atoms with Crippen molar-refractivity contribution in [3.05, 3.63) is 29.1 Å². The number of carbonyl (C=O) groups is 1. The summed E-state index contributed by atoms with van der Waals surface area (Å²) in [7, 11) is 1.81. The molecular weight excluding hydrogens is 306 g/mol. The molecule has 0 aliphatic heterocycles. The van der Waals surface area contributed by atoms with Crippen LogP contribution in [0, 0.1) is 5.92 Å². The van der Waals surface area contributed by atoms with E-state index >= 15 is 0 Å². The molecule has 0 aromatic carbocycles. The molecule has 1 unspecified atom stereocenters. The predicted octanol–water partition coefficient (Wildman–Crippen LogP) is 1.19. The number of rotatable bonds is 4. The van der Waals surface area contributed by atoms with E-state index in [4.69, 9.17) is 5.73 Å². The standard InChI is InChI=1S/C16H23N7O/c1-9(2)12(14-18-8-19-23(14)3)21-15(24)13-10-6-4-5-7-11(10)20-16(17)22-13/h8-9,12H,4-7H2,1-3H3,(H,21,24)(H2,17,20,22). The molecule has 128 valence electrons. The minimum Gasteiger partial charge on any atom is -0.368 e. The third-order valence-corrected chi connectivity index (χ3v) is 4.39. The van der Waals surface area contributed by atoms with Crippen molar-refractivity contribution < 1.29 is 4.79 Å². The number of carbonyl (C=O) groups excluding carboxylic acids is 1. The lowest BCUT2D eigenvalue weighted by Crippen LogP contribution is -2.35. The number of hydrogen-bond donors (Lipinski definition) is 2. The van der Waals surface area contributed by atoms with Crippen LogP contribution < -0.4 is 11.1 Å². The van der Waals surface area contributed by atoms with Crippen molar-refractivity contribution in [3.63, 3.8) is 0 Å². The number of nitrogens with two attached hydrogens (primary N) is 1. The van der Waals surface area contributed by atoms with E-state index in [0.717, 1.165) is 36.9 Å². The Morgan fingerprint density at radius 3 is 2.71 bits per heavy atom. The maximum absolute atomic E-state index is 12.9. The number of nitrogen functional groups attached to an aromatic ring is 1. The molecule has 2 aromatic heterocycles. The summed E-state index contributed by atoms with van der Waals surface area (Å²) in [5, 5.41) is 7.14. The summed E-state index contributed by atoms with van der Waals surface area (Å²) >= 11 is 0. The van der Waals surface area contributed by atoms with Crippen molar-refractivity contribution >= 4 is 11.9 Å². The van der Waals surface area contributed by atoms with Crippen molar-refractivity contribution in [2.45, 2.75) is 45.6 Å². The smallest absolute Gasteiger partial charge is 0.270 e. The average molecular weight is 329 g/mol. The molecule has 0 saturated carbocycles. The van der Waals surface area contributed by atoms with Gasteiger partial charge in [0.2, 0.25) is 5.95 Å². The van der Waals surface area contributed by atoms with Crippen molar-refractivity contribution in [3.8, 4) is 0 Å². The molecule has 0 bridgehead atoms. The lowest BCUT2D eigenvalue weighted by molar-refractivity contribution is 0.0915. The molecule has 8 heteroatoms. The fourth-order valence-electron chi connectivity index (χ4n) is 3.13. The van der Waals surface area contributed by atoms with Crippen LogP contribution in [0.2, 0.25) is 0 Å². The molecule has 1 aliphatic rings. The average Bonchev–Trinajstić information content (AvgIpc) is 2.97. The van der Waals surface area contributed by atoms with Gasteiger partial charge in [-0.1, -0.05) is 13.8 Å². The first-order valence-corrected chi connectivity index (χ1v) is 8.27. The molecule has 1 aliphatic carbocycles. The minimum absolute atomic E-state index is 0.153. The molecule has 2 aromatic rings. The third kappa shape index (κ3) is 3.08. The van der Waals surface area contributed by atoms with Gasteiger partial charge in [-0.05, 0) is 31.6 Å². The van der Waals surface area contributed by atoms with Crippen molar-refractivity contribution in [2.75, 3.05) is 5.73 Å². The summed E-state index contributed by atoms with van der Waals surface area (Å²) < 4.78 is 1.68. The van der Waals surface area contributed by atoms with Gasteiger partial charge < -0.3 is 11.1 Å². The highest BCUT2D eigenvalue weighted by atomic mass is 16.2. The van der Waals surface area contributed by atoms with Crippen LogP contribution in [0.1, 0.15) is 60.3 Å². The summed E-state index contributed by atoms with van der Waals surface area (Å²) in [6, 6.07) is -0.250. The zero-order valence-electron chi connectivity index (χ0n) is 14.3. The Morgan fingerprint density at radius 1 is 1.29 bits per heavy atom. The van der Waals surface area contributed by atoms with E-state index in [-0.39, 0.29) is 23.8 Å². The number of aryl methyl sites for hydroxylation is 2. The van der Waals surface area contributed by atoms with E-state index < -0.39 is 0 Å². The fraction of sp³-hybridized carbons (Fsp3) is 0.562. The molecule has 0 saturated heterocycles. The summed E-state index contributed by atoms with van der Waals surface area (Å²) in [6.07, 6.45) is 5.25. The van der Waals surface area contributed by atoms with Gasteiger partial charge >= 0.3 is 0 Å². The number of fused-ring (bicyclic) bond motifs is 1. The summed E-state index contributed by atoms with van der Waals surface area (Å²) in [5.74, 6) is 0.797. The van der Waals surface area contributed by atoms with Crippen molar-refractivity contribution in [2.24, 2.45) is 13.0 Å². The highest BCUT2D eigenvalue weighted by Gasteiger charge is 2.27. The van der Waals surface area contributed by atoms with Crippen LogP contribution in [-0.4, -0.2) is 30.6 Å². The normalized spacial score (nSPS) is 15.2. The second-order valence-electron chi connectivity index (χ2n) is 6.50. The van der Waals surface area contributed by atoms with Crippen LogP contribution in [0.3, 0.4) is 0 Å². The van der Waals surface area contributed by atoms with E-state index in [9.17, 15) is 4.79 Å². The number of nitrogens with one attached hydrogen (secondary N) is 1. The van der Waals surface area contributed by atoms with Crippen LogP contribution in [0.15, 0.2) is 6.33 Å². The zero-order chi connectivity index (χ0) is 17.3. The SMILES string of the molecule is CC(C)C(NC(=O)c1nc(N)nc2c1CCCC2)c1ncnn1C. The second kappa shape index (κ2) is 6.54. The highest BCUT2D eigenvalue weighted by Crippen LogP contribution is 2.24. The summed E-state index contributed by atoms with van der Waals surface area (Å²) in [6.45, 7) is 4.06. The first kappa shape index (κ1) is 16.4. The molecule has 2 heterocycles. The molecule has 8 nitrogen and oxygen atoms in total. The Bertz CT molecular complexity index is 753. The van der Waals surface area contributed by atoms with Crippen LogP contribution in [-0.2, 0) is 19.9 Å². The monoisotopic (exact) mass is 329 g/mol. The van der Waals surface area contributed by atoms with Crippen LogP contribution in [0.5, 0.6) is 0 Å². The van der Waals surface area contributed by atoms with Gasteiger partial charge in [0.1, 0.15) is 17.8 Å². The van der Waals surface area contributed by atoms with Crippen molar-refractivity contribution in [1.82, 2.24) is 30.0 Å². The Balaban J connectivity index is 1.91. The molecule has 1 amide bonds. The van der Waals surface area contributed by atoms with Gasteiger partial charge in [-0.25, -0.2) is 15.0 Å². The lowest BCUT2D eigenvalue weighted by atomic mass is 9.94. The topological polar surface area (TPSA) is 112 Å². The Kier molecular flexibility index (Phi) is 4.46. The Labute approximate surface area is 140 Å². The summed E-state index contributed by atoms with van der Waals surface area (Å²) in [5.41, 5.74) is 8.02. The van der Waals surface area contributed by atoms with E-state index in [1.165, 1.54) is 6.33 Å². The molecule has 24 heavy (non-hydrogen) atoms. The third-order valence-electron chi connectivity index (χ3n) is 4.39. The Hall–Kier alpha value is -2.51. The van der Waals surface area contributed by atoms with Crippen LogP contribution in [0.25, 0.3) is 0 Å². The number of aromatic nitrogens is 5. The molecule has 0 spiro atoms. The number of hydrogen-bond acceptors (Lipinski definition) is 6. The maximum atomic E-state index is 12.9. The minimum atomic E-state index is -0.250. The van der Waals surface area contributed by atoms with E-state index in [1.807, 2.05) is 20.9 Å².